The molecule has 0 saturated heterocycles. The maximum atomic E-state index is 9.32. The average Bonchev–Trinajstić information content (AvgIpc) is 2.86. The number of nitrogens with zero attached hydrogens (tertiary/aromatic N) is 3. The van der Waals surface area contributed by atoms with Gasteiger partial charge in [0.05, 0.1) is 18.9 Å². The van der Waals surface area contributed by atoms with Gasteiger partial charge in [-0.25, -0.2) is 4.68 Å². The number of hydrogen-bond acceptors (Lipinski definition) is 4. The molecule has 1 aromatic carbocycles. The van der Waals surface area contributed by atoms with Crippen molar-refractivity contribution >= 4 is 0 Å². The van der Waals surface area contributed by atoms with Gasteiger partial charge in [-0.15, -0.1) is 5.10 Å². The number of aliphatic hydroxyl groups excluding tert-OH is 1. The topological polar surface area (TPSA) is 60.2 Å². The van der Waals surface area contributed by atoms with Crippen LogP contribution in [0.15, 0.2) is 30.3 Å². The zero-order chi connectivity index (χ0) is 15.1. The molecule has 0 unspecified atom stereocenters. The summed E-state index contributed by atoms with van der Waals surface area (Å²) in [4.78, 5) is 0. The van der Waals surface area contributed by atoms with Gasteiger partial charge in [-0.1, -0.05) is 37.3 Å². The van der Waals surface area contributed by atoms with Crippen molar-refractivity contribution in [3.63, 3.8) is 0 Å². The molecule has 0 radical (unpaired) electrons. The number of hydrogen-bond donors (Lipinski definition) is 1. The van der Waals surface area contributed by atoms with Crippen LogP contribution in [0, 0.1) is 5.92 Å². The van der Waals surface area contributed by atoms with Crippen molar-refractivity contribution in [1.82, 2.24) is 15.0 Å². The highest BCUT2D eigenvalue weighted by molar-refractivity contribution is 5.20. The lowest BCUT2D eigenvalue weighted by Gasteiger charge is -2.10. The Labute approximate surface area is 125 Å². The molecule has 0 aliphatic heterocycles. The first-order valence-electron chi connectivity index (χ1n) is 7.40. The summed E-state index contributed by atoms with van der Waals surface area (Å²) in [6, 6.07) is 9.78. The fraction of sp³-hybridized carbons (Fsp3) is 0.500. The molecule has 0 bridgehead atoms. The molecular formula is C16H23N3O2. The quantitative estimate of drug-likeness (QED) is 0.758. The molecule has 0 aliphatic carbocycles. The molecule has 2 aromatic rings. The Balaban J connectivity index is 1.86. The lowest BCUT2D eigenvalue weighted by molar-refractivity contribution is 0.274. The highest BCUT2D eigenvalue weighted by Gasteiger charge is 2.13. The fourth-order valence-corrected chi connectivity index (χ4v) is 2.20. The van der Waals surface area contributed by atoms with Gasteiger partial charge in [0.25, 0.3) is 0 Å². The zero-order valence-corrected chi connectivity index (χ0v) is 12.7. The van der Waals surface area contributed by atoms with Crippen molar-refractivity contribution in [1.29, 1.82) is 0 Å². The van der Waals surface area contributed by atoms with E-state index in [1.165, 1.54) is 0 Å². The van der Waals surface area contributed by atoms with Crippen LogP contribution in [0.2, 0.25) is 0 Å². The van der Waals surface area contributed by atoms with Crippen molar-refractivity contribution in [2.45, 2.75) is 39.8 Å². The van der Waals surface area contributed by atoms with Crippen molar-refractivity contribution in [3.8, 4) is 5.75 Å². The molecule has 0 atom stereocenters. The summed E-state index contributed by atoms with van der Waals surface area (Å²) in [5.74, 6) is 1.39. The van der Waals surface area contributed by atoms with E-state index in [0.29, 0.717) is 18.2 Å². The van der Waals surface area contributed by atoms with Crippen LogP contribution < -0.4 is 4.74 Å². The Morgan fingerprint density at radius 1 is 1.24 bits per heavy atom. The van der Waals surface area contributed by atoms with Crippen LogP contribution in [-0.2, 0) is 19.6 Å². The third kappa shape index (κ3) is 4.56. The third-order valence-electron chi connectivity index (χ3n) is 3.20. The van der Waals surface area contributed by atoms with Gasteiger partial charge >= 0.3 is 0 Å². The van der Waals surface area contributed by atoms with Crippen LogP contribution in [0.1, 0.15) is 31.7 Å². The molecule has 1 aromatic heterocycles. The van der Waals surface area contributed by atoms with Gasteiger partial charge in [0.1, 0.15) is 11.4 Å². The predicted molar refractivity (Wildman–Crippen MR) is 81.0 cm³/mol. The first-order chi connectivity index (χ1) is 10.2. The van der Waals surface area contributed by atoms with E-state index in [9.17, 15) is 5.11 Å². The average molecular weight is 289 g/mol. The Kier molecular flexibility index (Phi) is 5.75. The van der Waals surface area contributed by atoms with Gasteiger partial charge in [0.2, 0.25) is 0 Å². The highest BCUT2D eigenvalue weighted by atomic mass is 16.5. The number of aliphatic hydroxyl groups is 1. The molecule has 1 heterocycles. The van der Waals surface area contributed by atoms with Gasteiger partial charge in [-0.05, 0) is 24.5 Å². The van der Waals surface area contributed by atoms with Crippen molar-refractivity contribution in [2.24, 2.45) is 5.92 Å². The van der Waals surface area contributed by atoms with E-state index in [1.54, 1.807) is 0 Å². The number of aromatic nitrogens is 3. The predicted octanol–water partition coefficient (Wildman–Crippen LogP) is 2.44. The van der Waals surface area contributed by atoms with Gasteiger partial charge in [-0.3, -0.25) is 0 Å². The van der Waals surface area contributed by atoms with E-state index in [0.717, 1.165) is 30.8 Å². The number of para-hydroxylation sites is 1. The van der Waals surface area contributed by atoms with Crippen LogP contribution in [0.3, 0.4) is 0 Å². The minimum atomic E-state index is -0.0530. The summed E-state index contributed by atoms with van der Waals surface area (Å²) in [6.45, 7) is 5.64. The van der Waals surface area contributed by atoms with Crippen LogP contribution >= 0.6 is 0 Å². The number of aryl methyl sites for hydroxylation is 1. The molecule has 0 aliphatic rings. The highest BCUT2D eigenvalue weighted by Crippen LogP contribution is 2.13. The van der Waals surface area contributed by atoms with E-state index in [1.807, 2.05) is 35.0 Å². The second-order valence-corrected chi connectivity index (χ2v) is 5.48. The molecule has 0 amide bonds. The first kappa shape index (κ1) is 15.5. The largest absolute Gasteiger partial charge is 0.494 e. The summed E-state index contributed by atoms with van der Waals surface area (Å²) in [7, 11) is 0. The van der Waals surface area contributed by atoms with Crippen LogP contribution in [0.25, 0.3) is 0 Å². The molecule has 0 saturated carbocycles. The molecule has 0 spiro atoms. The molecule has 5 heteroatoms. The summed E-state index contributed by atoms with van der Waals surface area (Å²) >= 11 is 0. The van der Waals surface area contributed by atoms with Crippen LogP contribution in [0.5, 0.6) is 5.75 Å². The summed E-state index contributed by atoms with van der Waals surface area (Å²) < 4.78 is 7.56. The second kappa shape index (κ2) is 7.78. The lowest BCUT2D eigenvalue weighted by Crippen LogP contribution is -2.11. The molecule has 21 heavy (non-hydrogen) atoms. The lowest BCUT2D eigenvalue weighted by atomic mass is 10.1. The van der Waals surface area contributed by atoms with E-state index < -0.39 is 0 Å². The maximum Gasteiger partial charge on any atom is 0.119 e. The fourth-order valence-electron chi connectivity index (χ4n) is 2.20. The molecule has 114 valence electrons. The molecular weight excluding hydrogens is 266 g/mol. The second-order valence-electron chi connectivity index (χ2n) is 5.48. The van der Waals surface area contributed by atoms with E-state index in [4.69, 9.17) is 4.74 Å². The standard InChI is InChI=1S/C16H23N3O2/c1-13(2)11-16-15(12-20)17-18-19(16)9-6-10-21-14-7-4-3-5-8-14/h3-5,7-8,13,20H,6,9-12H2,1-2H3. The van der Waals surface area contributed by atoms with Gasteiger partial charge in [0, 0.05) is 13.0 Å². The molecule has 1 N–H and O–H groups in total. The van der Waals surface area contributed by atoms with Gasteiger partial charge in [-0.2, -0.15) is 0 Å². The van der Waals surface area contributed by atoms with Gasteiger partial charge in [0.15, 0.2) is 0 Å². The minimum Gasteiger partial charge on any atom is -0.494 e. The zero-order valence-electron chi connectivity index (χ0n) is 12.7. The minimum absolute atomic E-state index is 0.0530. The summed E-state index contributed by atoms with van der Waals surface area (Å²) in [5, 5.41) is 17.5. The normalized spacial score (nSPS) is 11.0. The van der Waals surface area contributed by atoms with Crippen molar-refractivity contribution in [2.75, 3.05) is 6.61 Å². The van der Waals surface area contributed by atoms with Crippen molar-refractivity contribution < 1.29 is 9.84 Å². The SMILES string of the molecule is CC(C)Cc1c(CO)nnn1CCCOc1ccccc1. The van der Waals surface area contributed by atoms with E-state index in [2.05, 4.69) is 24.2 Å². The third-order valence-corrected chi connectivity index (χ3v) is 3.20. The smallest absolute Gasteiger partial charge is 0.119 e. The Bertz CT molecular complexity index is 538. The molecule has 5 nitrogen and oxygen atoms in total. The Morgan fingerprint density at radius 2 is 2.00 bits per heavy atom. The van der Waals surface area contributed by atoms with Crippen molar-refractivity contribution in [3.05, 3.63) is 41.7 Å². The number of rotatable bonds is 8. The molecule has 2 rings (SSSR count). The molecule has 0 fully saturated rings. The van der Waals surface area contributed by atoms with E-state index in [-0.39, 0.29) is 6.61 Å². The van der Waals surface area contributed by atoms with Crippen LogP contribution in [0.4, 0.5) is 0 Å². The van der Waals surface area contributed by atoms with E-state index >= 15 is 0 Å². The Hall–Kier alpha value is -1.88. The summed E-state index contributed by atoms with van der Waals surface area (Å²) in [6.07, 6.45) is 1.73. The van der Waals surface area contributed by atoms with Crippen LogP contribution in [-0.4, -0.2) is 26.7 Å². The Morgan fingerprint density at radius 3 is 2.67 bits per heavy atom. The van der Waals surface area contributed by atoms with Gasteiger partial charge < -0.3 is 9.84 Å². The maximum absolute atomic E-state index is 9.32. The number of benzene rings is 1. The number of ether oxygens (including phenoxy) is 1. The monoisotopic (exact) mass is 289 g/mol. The summed E-state index contributed by atoms with van der Waals surface area (Å²) in [5.41, 5.74) is 1.72. The first-order valence-corrected chi connectivity index (χ1v) is 7.40.